The normalized spacial score (nSPS) is 30.4. The minimum absolute atomic E-state index is 0.0160. The second kappa shape index (κ2) is 11.2. The lowest BCUT2D eigenvalue weighted by atomic mass is 9.89. The fraction of sp³-hybridized carbons (Fsp3) is 0.731. The topological polar surface area (TPSA) is 78.5 Å². The third-order valence-corrected chi connectivity index (χ3v) is 7.77. The van der Waals surface area contributed by atoms with Crippen molar-refractivity contribution in [2.75, 3.05) is 13.1 Å². The molecule has 1 saturated heterocycles. The summed E-state index contributed by atoms with van der Waals surface area (Å²) in [6, 6.07) is 0.451. The summed E-state index contributed by atoms with van der Waals surface area (Å²) < 4.78 is 0. The van der Waals surface area contributed by atoms with Crippen LogP contribution in [0.2, 0.25) is 0 Å². The number of rotatable bonds is 7. The molecule has 2 fully saturated rings. The number of piperidine rings is 1. The van der Waals surface area contributed by atoms with Gasteiger partial charge in [-0.05, 0) is 76.0 Å². The number of likely N-dealkylation sites (tertiary alicyclic amines) is 1. The van der Waals surface area contributed by atoms with Crippen molar-refractivity contribution in [3.63, 3.8) is 0 Å². The molecule has 2 atom stereocenters. The van der Waals surface area contributed by atoms with E-state index >= 15 is 0 Å². The van der Waals surface area contributed by atoms with E-state index in [0.717, 1.165) is 64.2 Å². The van der Waals surface area contributed by atoms with Gasteiger partial charge in [-0.1, -0.05) is 24.3 Å². The van der Waals surface area contributed by atoms with Gasteiger partial charge in [0, 0.05) is 43.9 Å². The first-order valence-corrected chi connectivity index (χ1v) is 12.8. The average molecular weight is 442 g/mol. The summed E-state index contributed by atoms with van der Waals surface area (Å²) in [5, 5.41) is 6.45. The molecule has 0 aromatic heterocycles. The highest BCUT2D eigenvalue weighted by molar-refractivity contribution is 5.80. The third kappa shape index (κ3) is 6.46. The molecule has 0 spiro atoms. The molecule has 3 aliphatic carbocycles. The summed E-state index contributed by atoms with van der Waals surface area (Å²) in [6.07, 6.45) is 19.5. The van der Waals surface area contributed by atoms with Gasteiger partial charge in [-0.2, -0.15) is 0 Å². The zero-order valence-corrected chi connectivity index (χ0v) is 19.3. The summed E-state index contributed by atoms with van der Waals surface area (Å²) in [5.41, 5.74) is 0. The van der Waals surface area contributed by atoms with E-state index in [4.69, 9.17) is 0 Å². The zero-order valence-electron chi connectivity index (χ0n) is 19.3. The molecule has 0 radical (unpaired) electrons. The first-order chi connectivity index (χ1) is 15.6. The summed E-state index contributed by atoms with van der Waals surface area (Å²) >= 11 is 0. The molecule has 176 valence electrons. The lowest BCUT2D eigenvalue weighted by Gasteiger charge is -2.34. The Morgan fingerprint density at radius 1 is 0.719 bits per heavy atom. The Morgan fingerprint density at radius 2 is 1.28 bits per heavy atom. The van der Waals surface area contributed by atoms with Crippen LogP contribution in [0.25, 0.3) is 0 Å². The Morgan fingerprint density at radius 3 is 1.84 bits per heavy atom. The molecule has 1 aliphatic heterocycles. The van der Waals surface area contributed by atoms with Crippen LogP contribution in [0.15, 0.2) is 24.3 Å². The molecule has 0 aromatic rings. The SMILES string of the molecule is O=C(CC1C=CCC1)NC1CCC(NC(=O)C2CCN(C(=O)CC3C=CCC3)CC2)CC1. The van der Waals surface area contributed by atoms with Gasteiger partial charge in [-0.25, -0.2) is 0 Å². The average Bonchev–Trinajstić information content (AvgIpc) is 3.49. The lowest BCUT2D eigenvalue weighted by molar-refractivity contribution is -0.136. The van der Waals surface area contributed by atoms with Crippen molar-refractivity contribution in [3.05, 3.63) is 24.3 Å². The zero-order chi connectivity index (χ0) is 22.3. The minimum atomic E-state index is 0.0160. The molecule has 4 rings (SSSR count). The van der Waals surface area contributed by atoms with Crippen molar-refractivity contribution in [2.24, 2.45) is 17.8 Å². The lowest BCUT2D eigenvalue weighted by Crippen LogP contribution is -2.48. The maximum absolute atomic E-state index is 12.8. The third-order valence-electron chi connectivity index (χ3n) is 7.77. The monoisotopic (exact) mass is 441 g/mol. The van der Waals surface area contributed by atoms with Crippen LogP contribution in [0.1, 0.15) is 77.0 Å². The summed E-state index contributed by atoms with van der Waals surface area (Å²) in [5.74, 6) is 1.39. The highest BCUT2D eigenvalue weighted by atomic mass is 16.2. The van der Waals surface area contributed by atoms with Gasteiger partial charge in [0.25, 0.3) is 0 Å². The van der Waals surface area contributed by atoms with Crippen LogP contribution in [-0.2, 0) is 14.4 Å². The van der Waals surface area contributed by atoms with Crippen molar-refractivity contribution >= 4 is 17.7 Å². The molecule has 1 saturated carbocycles. The standard InChI is InChI=1S/C26H39N3O3/c30-24(17-19-5-1-2-6-19)27-22-9-11-23(12-10-22)28-26(32)21-13-15-29(16-14-21)25(31)18-20-7-3-4-8-20/h1,3,5,7,19-23H,2,4,6,8-18H2,(H,27,30)(H,28,32). The Bertz CT molecular complexity index is 731. The highest BCUT2D eigenvalue weighted by Crippen LogP contribution is 2.25. The maximum Gasteiger partial charge on any atom is 0.223 e. The van der Waals surface area contributed by atoms with Crippen LogP contribution < -0.4 is 10.6 Å². The van der Waals surface area contributed by atoms with Gasteiger partial charge >= 0.3 is 0 Å². The van der Waals surface area contributed by atoms with Crippen LogP contribution in [0.4, 0.5) is 0 Å². The number of carbonyl (C=O) groups excluding carboxylic acids is 3. The van der Waals surface area contributed by atoms with Gasteiger partial charge in [0.15, 0.2) is 0 Å². The molecule has 3 amide bonds. The molecule has 2 N–H and O–H groups in total. The summed E-state index contributed by atoms with van der Waals surface area (Å²) in [7, 11) is 0. The largest absolute Gasteiger partial charge is 0.353 e. The number of carbonyl (C=O) groups is 3. The van der Waals surface area contributed by atoms with E-state index in [2.05, 4.69) is 34.9 Å². The number of hydrogen-bond donors (Lipinski definition) is 2. The molecule has 0 bridgehead atoms. The molecule has 1 heterocycles. The molecule has 6 heteroatoms. The molecule has 2 unspecified atom stereocenters. The van der Waals surface area contributed by atoms with Crippen molar-refractivity contribution in [2.45, 2.75) is 89.1 Å². The Kier molecular flexibility index (Phi) is 8.04. The number of nitrogens with one attached hydrogen (secondary N) is 2. The van der Waals surface area contributed by atoms with Crippen LogP contribution in [0.3, 0.4) is 0 Å². The van der Waals surface area contributed by atoms with Gasteiger partial charge in [-0.3, -0.25) is 14.4 Å². The van der Waals surface area contributed by atoms with Gasteiger partial charge < -0.3 is 15.5 Å². The van der Waals surface area contributed by atoms with Crippen LogP contribution in [0.5, 0.6) is 0 Å². The summed E-state index contributed by atoms with van der Waals surface area (Å²) in [6.45, 7) is 1.39. The van der Waals surface area contributed by atoms with Gasteiger partial charge in [-0.15, -0.1) is 0 Å². The van der Waals surface area contributed by atoms with E-state index in [1.807, 2.05) is 4.90 Å². The minimum Gasteiger partial charge on any atom is -0.353 e. The predicted octanol–water partition coefficient (Wildman–Crippen LogP) is 3.48. The number of hydrogen-bond acceptors (Lipinski definition) is 3. The van der Waals surface area contributed by atoms with E-state index in [1.54, 1.807) is 0 Å². The molecular formula is C26H39N3O3. The van der Waals surface area contributed by atoms with Crippen molar-refractivity contribution in [3.8, 4) is 0 Å². The Hall–Kier alpha value is -2.11. The first-order valence-electron chi connectivity index (χ1n) is 12.8. The second-order valence-corrected chi connectivity index (χ2v) is 10.2. The Labute approximate surface area is 192 Å². The quantitative estimate of drug-likeness (QED) is 0.594. The van der Waals surface area contributed by atoms with Gasteiger partial charge in [0.2, 0.25) is 17.7 Å². The van der Waals surface area contributed by atoms with E-state index in [0.29, 0.717) is 37.8 Å². The van der Waals surface area contributed by atoms with E-state index in [1.165, 1.54) is 0 Å². The Balaban J connectivity index is 1.11. The van der Waals surface area contributed by atoms with Gasteiger partial charge in [0.1, 0.15) is 0 Å². The molecule has 4 aliphatic rings. The van der Waals surface area contributed by atoms with Crippen LogP contribution in [-0.4, -0.2) is 47.8 Å². The highest BCUT2D eigenvalue weighted by Gasteiger charge is 2.31. The predicted molar refractivity (Wildman–Crippen MR) is 125 cm³/mol. The van der Waals surface area contributed by atoms with Crippen LogP contribution in [0, 0.1) is 17.8 Å². The van der Waals surface area contributed by atoms with Crippen molar-refractivity contribution < 1.29 is 14.4 Å². The molecule has 32 heavy (non-hydrogen) atoms. The van der Waals surface area contributed by atoms with E-state index in [-0.39, 0.29) is 35.7 Å². The maximum atomic E-state index is 12.8. The number of nitrogens with zero attached hydrogens (tertiary/aromatic N) is 1. The van der Waals surface area contributed by atoms with E-state index in [9.17, 15) is 14.4 Å². The van der Waals surface area contributed by atoms with Crippen molar-refractivity contribution in [1.29, 1.82) is 0 Å². The fourth-order valence-electron chi connectivity index (χ4n) is 5.70. The van der Waals surface area contributed by atoms with Crippen LogP contribution >= 0.6 is 0 Å². The molecular weight excluding hydrogens is 402 g/mol. The smallest absolute Gasteiger partial charge is 0.223 e. The molecule has 0 aromatic carbocycles. The number of amides is 3. The van der Waals surface area contributed by atoms with Gasteiger partial charge in [0.05, 0.1) is 0 Å². The fourth-order valence-corrected chi connectivity index (χ4v) is 5.70. The van der Waals surface area contributed by atoms with E-state index < -0.39 is 0 Å². The molecule has 6 nitrogen and oxygen atoms in total. The first kappa shape index (κ1) is 23.1. The van der Waals surface area contributed by atoms with Crippen molar-refractivity contribution in [1.82, 2.24) is 15.5 Å². The summed E-state index contributed by atoms with van der Waals surface area (Å²) in [4.78, 5) is 39.5. The number of allylic oxidation sites excluding steroid dienone is 4. The second-order valence-electron chi connectivity index (χ2n) is 10.2.